The molecule has 7 nitrogen and oxygen atoms in total. The smallest absolute Gasteiger partial charge is 0.214 e. The van der Waals surface area contributed by atoms with E-state index in [9.17, 15) is 8.42 Å². The molecule has 1 unspecified atom stereocenters. The van der Waals surface area contributed by atoms with Crippen LogP contribution in [0.5, 0.6) is 5.75 Å². The van der Waals surface area contributed by atoms with Crippen molar-refractivity contribution in [3.05, 3.63) is 65.7 Å². The summed E-state index contributed by atoms with van der Waals surface area (Å²) in [6.45, 7) is 1.66. The lowest BCUT2D eigenvalue weighted by Crippen LogP contribution is -2.43. The molecule has 1 aliphatic heterocycles. The molecule has 3 aromatic heterocycles. The molecule has 4 heterocycles. The van der Waals surface area contributed by atoms with Crippen molar-refractivity contribution in [2.24, 2.45) is 11.8 Å². The minimum absolute atomic E-state index is 0.194. The summed E-state index contributed by atoms with van der Waals surface area (Å²) in [5, 5.41) is 4.07. The summed E-state index contributed by atoms with van der Waals surface area (Å²) < 4.78 is 34.4. The van der Waals surface area contributed by atoms with Crippen LogP contribution in [0.15, 0.2) is 55.0 Å². The number of nitrogens with zero attached hydrogens (tertiary/aromatic N) is 3. The minimum Gasteiger partial charge on any atom is -0.493 e. The Labute approximate surface area is 228 Å². The molecule has 6 rings (SSSR count). The van der Waals surface area contributed by atoms with Gasteiger partial charge in [0.25, 0.3) is 0 Å². The first-order chi connectivity index (χ1) is 18.5. The summed E-state index contributed by atoms with van der Waals surface area (Å²) in [7, 11) is -3.31. The van der Waals surface area contributed by atoms with Gasteiger partial charge in [0.1, 0.15) is 5.75 Å². The molecule has 1 aromatic carbocycles. The lowest BCUT2D eigenvalue weighted by molar-refractivity contribution is 0.179. The number of sulfonamides is 1. The molecule has 0 bridgehead atoms. The van der Waals surface area contributed by atoms with Crippen LogP contribution < -0.4 is 4.74 Å². The predicted octanol–water partition coefficient (Wildman–Crippen LogP) is 6.16. The molecule has 1 N–H and O–H groups in total. The predicted molar refractivity (Wildman–Crippen MR) is 151 cm³/mol. The van der Waals surface area contributed by atoms with E-state index >= 15 is 0 Å². The zero-order valence-corrected chi connectivity index (χ0v) is 22.9. The number of H-pyrrole nitrogens is 1. The number of aromatic nitrogens is 3. The fraction of sp³-hybridized carbons (Fsp3) is 0.448. The maximum atomic E-state index is 13.4. The molecule has 1 atom stereocenters. The fourth-order valence-corrected chi connectivity index (χ4v) is 8.31. The first-order valence-electron chi connectivity index (χ1n) is 13.5. The molecule has 9 heteroatoms. The van der Waals surface area contributed by atoms with Crippen LogP contribution in [0.4, 0.5) is 0 Å². The van der Waals surface area contributed by atoms with Crippen LogP contribution >= 0.6 is 11.6 Å². The molecule has 0 radical (unpaired) electrons. The molecule has 0 spiro atoms. The summed E-state index contributed by atoms with van der Waals surface area (Å²) in [6.07, 6.45) is 11.3. The fourth-order valence-electron chi connectivity index (χ4n) is 6.20. The van der Waals surface area contributed by atoms with E-state index in [-0.39, 0.29) is 17.6 Å². The molecule has 1 aliphatic carbocycles. The molecule has 38 heavy (non-hydrogen) atoms. The van der Waals surface area contributed by atoms with E-state index in [0.29, 0.717) is 30.6 Å². The zero-order chi connectivity index (χ0) is 26.1. The van der Waals surface area contributed by atoms with Gasteiger partial charge in [-0.2, -0.15) is 0 Å². The molecule has 1 saturated heterocycles. The molecule has 0 amide bonds. The summed E-state index contributed by atoms with van der Waals surface area (Å²) in [5.74, 6) is 1.77. The van der Waals surface area contributed by atoms with E-state index in [1.165, 1.54) is 11.1 Å². The van der Waals surface area contributed by atoms with E-state index in [1.807, 2.05) is 36.8 Å². The Hall–Kier alpha value is -2.68. The topological polar surface area (TPSA) is 88.2 Å². The van der Waals surface area contributed by atoms with Crippen molar-refractivity contribution < 1.29 is 13.2 Å². The van der Waals surface area contributed by atoms with E-state index < -0.39 is 10.0 Å². The van der Waals surface area contributed by atoms with Crippen molar-refractivity contribution in [1.82, 2.24) is 19.3 Å². The number of pyridine rings is 2. The van der Waals surface area contributed by atoms with Gasteiger partial charge in [-0.05, 0) is 86.8 Å². The summed E-state index contributed by atoms with van der Waals surface area (Å²) in [4.78, 5) is 12.4. The second-order valence-electron chi connectivity index (χ2n) is 10.8. The summed E-state index contributed by atoms with van der Waals surface area (Å²) in [6, 6.07) is 11.4. The molecular formula is C29H33ClN4O3S. The van der Waals surface area contributed by atoms with Crippen LogP contribution in [-0.2, 0) is 10.0 Å². The number of hydrogen-bond donors (Lipinski definition) is 1. The number of benzene rings is 1. The molecule has 1 saturated carbocycles. The number of rotatable bonds is 7. The molecular weight excluding hydrogens is 520 g/mol. The Bertz CT molecular complexity index is 1510. The van der Waals surface area contributed by atoms with Gasteiger partial charge in [-0.3, -0.25) is 0 Å². The van der Waals surface area contributed by atoms with Crippen molar-refractivity contribution in [2.75, 3.05) is 25.4 Å². The van der Waals surface area contributed by atoms with Crippen molar-refractivity contribution in [3.63, 3.8) is 0 Å². The lowest BCUT2D eigenvalue weighted by atomic mass is 9.80. The molecule has 200 valence electrons. The van der Waals surface area contributed by atoms with E-state index in [4.69, 9.17) is 16.3 Å². The standard InChI is InChI=1S/C29H33ClN4O3S/c30-24-7-9-25(10-8-24)37-18-21-2-1-15-34(17-21)38(35,36)19-20-3-5-22(6-4-20)28-27-23(11-13-31-28)16-33-29-26(27)12-14-32-29/h7-14,16,20-22,31H,1-6,15,17-19H2. The molecule has 2 aliphatic rings. The van der Waals surface area contributed by atoms with Gasteiger partial charge in [-0.25, -0.2) is 22.7 Å². The second-order valence-corrected chi connectivity index (χ2v) is 13.2. The highest BCUT2D eigenvalue weighted by Crippen LogP contribution is 2.40. The highest BCUT2D eigenvalue weighted by Gasteiger charge is 2.33. The lowest BCUT2D eigenvalue weighted by Gasteiger charge is -2.34. The molecule has 4 aromatic rings. The van der Waals surface area contributed by atoms with Crippen LogP contribution in [0.2, 0.25) is 5.02 Å². The van der Waals surface area contributed by atoms with E-state index in [2.05, 4.69) is 21.0 Å². The number of ether oxygens (including phenoxy) is 1. The highest BCUT2D eigenvalue weighted by molar-refractivity contribution is 7.89. The first kappa shape index (κ1) is 25.6. The average molecular weight is 553 g/mol. The van der Waals surface area contributed by atoms with Crippen LogP contribution in [-0.4, -0.2) is 53.1 Å². The quantitative estimate of drug-likeness (QED) is 0.297. The Morgan fingerprint density at radius 1 is 1.00 bits per heavy atom. The number of aromatic amines is 1. The van der Waals surface area contributed by atoms with Crippen LogP contribution in [0, 0.1) is 11.8 Å². The third kappa shape index (κ3) is 5.40. The number of hydrogen-bond acceptors (Lipinski definition) is 5. The second kappa shape index (κ2) is 10.8. The minimum atomic E-state index is -3.31. The molecule has 2 fully saturated rings. The maximum absolute atomic E-state index is 13.4. The summed E-state index contributed by atoms with van der Waals surface area (Å²) >= 11 is 5.95. The van der Waals surface area contributed by atoms with Crippen LogP contribution in [0.3, 0.4) is 0 Å². The van der Waals surface area contributed by atoms with Crippen LogP contribution in [0.25, 0.3) is 21.8 Å². The Morgan fingerprint density at radius 3 is 2.63 bits per heavy atom. The third-order valence-electron chi connectivity index (χ3n) is 8.21. The SMILES string of the molecule is O=S(=O)(CC1CCC(c2[nH]ccc3cnc4nccc4c23)CC1)N1CCCC(COc2ccc(Cl)cc2)C1. The van der Waals surface area contributed by atoms with E-state index in [1.54, 1.807) is 16.4 Å². The normalized spacial score (nSPS) is 23.1. The van der Waals surface area contributed by atoms with Gasteiger partial charge < -0.3 is 9.72 Å². The van der Waals surface area contributed by atoms with Gasteiger partial charge in [-0.15, -0.1) is 0 Å². The largest absolute Gasteiger partial charge is 0.493 e. The van der Waals surface area contributed by atoms with Gasteiger partial charge in [-0.1, -0.05) is 11.6 Å². The monoisotopic (exact) mass is 552 g/mol. The Balaban J connectivity index is 1.07. The van der Waals surface area contributed by atoms with Gasteiger partial charge in [0.05, 0.1) is 12.4 Å². The zero-order valence-electron chi connectivity index (χ0n) is 21.4. The van der Waals surface area contributed by atoms with Crippen LogP contribution in [0.1, 0.15) is 50.1 Å². The highest BCUT2D eigenvalue weighted by atomic mass is 35.5. The van der Waals surface area contributed by atoms with Crippen molar-refractivity contribution >= 4 is 43.4 Å². The van der Waals surface area contributed by atoms with Crippen molar-refractivity contribution in [2.45, 2.75) is 44.4 Å². The number of piperidine rings is 1. The van der Waals surface area contributed by atoms with Crippen molar-refractivity contribution in [3.8, 4) is 5.75 Å². The van der Waals surface area contributed by atoms with Gasteiger partial charge >= 0.3 is 0 Å². The average Bonchev–Trinajstić information content (AvgIpc) is 3.42. The Kier molecular flexibility index (Phi) is 7.29. The van der Waals surface area contributed by atoms with E-state index in [0.717, 1.165) is 60.7 Å². The number of fused-ring (bicyclic) bond motifs is 3. The number of nitrogens with one attached hydrogen (secondary N) is 1. The van der Waals surface area contributed by atoms with Crippen molar-refractivity contribution in [1.29, 1.82) is 0 Å². The van der Waals surface area contributed by atoms with Gasteiger partial charge in [0.2, 0.25) is 10.0 Å². The maximum Gasteiger partial charge on any atom is 0.214 e. The number of halogens is 1. The third-order valence-corrected chi connectivity index (χ3v) is 10.5. The summed E-state index contributed by atoms with van der Waals surface area (Å²) in [5.41, 5.74) is 2.00. The van der Waals surface area contributed by atoms with Gasteiger partial charge in [0.15, 0.2) is 5.65 Å². The Morgan fingerprint density at radius 2 is 1.82 bits per heavy atom. The first-order valence-corrected chi connectivity index (χ1v) is 15.5. The van der Waals surface area contributed by atoms with Gasteiger partial charge in [0, 0.05) is 64.5 Å².